The zero-order valence-corrected chi connectivity index (χ0v) is 8.77. The fourth-order valence-electron chi connectivity index (χ4n) is 1.09. The molecule has 0 radical (unpaired) electrons. The van der Waals surface area contributed by atoms with Crippen molar-refractivity contribution in [3.63, 3.8) is 0 Å². The molecule has 76 valence electrons. The summed E-state index contributed by atoms with van der Waals surface area (Å²) >= 11 is 5.99. The summed E-state index contributed by atoms with van der Waals surface area (Å²) in [5.74, 6) is -0.111. The second-order valence-corrected chi connectivity index (χ2v) is 3.40. The summed E-state index contributed by atoms with van der Waals surface area (Å²) in [6, 6.07) is 5.50. The molecule has 4 heteroatoms. The number of anilines is 1. The maximum Gasteiger partial charge on any atom is 0.225 e. The number of rotatable bonds is 3. The van der Waals surface area contributed by atoms with Gasteiger partial charge in [0.05, 0.1) is 10.7 Å². The third kappa shape index (κ3) is 2.72. The number of carbonyl (C=O) groups is 1. The van der Waals surface area contributed by atoms with Crippen molar-refractivity contribution in [3.05, 3.63) is 28.8 Å². The minimum Gasteiger partial charge on any atom is -0.330 e. The third-order valence-corrected chi connectivity index (χ3v) is 2.34. The molecule has 0 saturated carbocycles. The Morgan fingerprint density at radius 1 is 1.57 bits per heavy atom. The number of nitrogens with one attached hydrogen (secondary N) is 1. The highest BCUT2D eigenvalue weighted by atomic mass is 35.5. The Bertz CT molecular complexity index is 339. The number of aryl methyl sites for hydroxylation is 1. The molecule has 0 aromatic heterocycles. The molecule has 1 amide bonds. The Morgan fingerprint density at radius 3 is 2.93 bits per heavy atom. The third-order valence-electron chi connectivity index (χ3n) is 1.84. The van der Waals surface area contributed by atoms with E-state index in [0.29, 0.717) is 23.7 Å². The van der Waals surface area contributed by atoms with Crippen molar-refractivity contribution in [2.45, 2.75) is 13.3 Å². The molecule has 0 aliphatic heterocycles. The maximum absolute atomic E-state index is 11.2. The average Bonchev–Trinajstić information content (AvgIpc) is 2.13. The van der Waals surface area contributed by atoms with E-state index in [0.717, 1.165) is 5.56 Å². The van der Waals surface area contributed by atoms with Crippen LogP contribution in [0.25, 0.3) is 0 Å². The van der Waals surface area contributed by atoms with E-state index < -0.39 is 0 Å². The fourth-order valence-corrected chi connectivity index (χ4v) is 1.26. The van der Waals surface area contributed by atoms with E-state index in [1.54, 1.807) is 6.07 Å². The summed E-state index contributed by atoms with van der Waals surface area (Å²) in [5.41, 5.74) is 6.84. The van der Waals surface area contributed by atoms with Gasteiger partial charge in [0, 0.05) is 13.0 Å². The molecule has 0 unspecified atom stereocenters. The summed E-state index contributed by atoms with van der Waals surface area (Å²) in [4.78, 5) is 11.2. The van der Waals surface area contributed by atoms with Crippen molar-refractivity contribution in [2.24, 2.45) is 5.73 Å². The molecule has 0 saturated heterocycles. The molecule has 0 heterocycles. The molecule has 0 aliphatic rings. The van der Waals surface area contributed by atoms with E-state index in [9.17, 15) is 4.79 Å². The number of benzene rings is 1. The van der Waals surface area contributed by atoms with Crippen LogP contribution in [-0.4, -0.2) is 12.5 Å². The number of nitrogens with two attached hydrogens (primary N) is 1. The lowest BCUT2D eigenvalue weighted by Gasteiger charge is -2.07. The lowest BCUT2D eigenvalue weighted by molar-refractivity contribution is -0.116. The molecule has 14 heavy (non-hydrogen) atoms. The summed E-state index contributed by atoms with van der Waals surface area (Å²) < 4.78 is 0. The van der Waals surface area contributed by atoms with Gasteiger partial charge in [-0.3, -0.25) is 4.79 Å². The molecule has 0 bridgehead atoms. The zero-order chi connectivity index (χ0) is 10.6. The van der Waals surface area contributed by atoms with Crippen LogP contribution in [0, 0.1) is 6.92 Å². The highest BCUT2D eigenvalue weighted by Gasteiger charge is 2.05. The number of hydrogen-bond acceptors (Lipinski definition) is 2. The highest BCUT2D eigenvalue weighted by molar-refractivity contribution is 6.34. The average molecular weight is 213 g/mol. The molecule has 1 aromatic rings. The second kappa shape index (κ2) is 4.98. The monoisotopic (exact) mass is 212 g/mol. The van der Waals surface area contributed by atoms with Gasteiger partial charge < -0.3 is 11.1 Å². The van der Waals surface area contributed by atoms with Crippen molar-refractivity contribution in [3.8, 4) is 0 Å². The van der Waals surface area contributed by atoms with E-state index in [1.807, 2.05) is 19.1 Å². The molecule has 1 aromatic carbocycles. The van der Waals surface area contributed by atoms with Crippen LogP contribution in [0.4, 0.5) is 5.69 Å². The van der Waals surface area contributed by atoms with Crippen LogP contribution < -0.4 is 11.1 Å². The number of carbonyl (C=O) groups excluding carboxylic acids is 1. The molecule has 0 fully saturated rings. The molecule has 0 atom stereocenters. The van der Waals surface area contributed by atoms with E-state index in [2.05, 4.69) is 5.32 Å². The van der Waals surface area contributed by atoms with E-state index >= 15 is 0 Å². The molecular formula is C10H13ClN2O. The minimum atomic E-state index is -0.111. The zero-order valence-electron chi connectivity index (χ0n) is 8.01. The van der Waals surface area contributed by atoms with Crippen molar-refractivity contribution in [1.29, 1.82) is 0 Å². The molecule has 3 N–H and O–H groups in total. The molecule has 0 aliphatic carbocycles. The standard InChI is InChI=1S/C10H13ClN2O/c1-7-3-2-4-8(10(7)11)13-9(14)5-6-12/h2-4H,5-6,12H2,1H3,(H,13,14). The fraction of sp³-hybridized carbons (Fsp3) is 0.300. The summed E-state index contributed by atoms with van der Waals surface area (Å²) in [6.45, 7) is 2.23. The van der Waals surface area contributed by atoms with Crippen LogP contribution >= 0.6 is 11.6 Å². The van der Waals surface area contributed by atoms with Gasteiger partial charge in [-0.25, -0.2) is 0 Å². The van der Waals surface area contributed by atoms with Crippen LogP contribution in [0.5, 0.6) is 0 Å². The van der Waals surface area contributed by atoms with Gasteiger partial charge in [-0.1, -0.05) is 23.7 Å². The highest BCUT2D eigenvalue weighted by Crippen LogP contribution is 2.24. The van der Waals surface area contributed by atoms with E-state index in [1.165, 1.54) is 0 Å². The Labute approximate surface area is 88.2 Å². The van der Waals surface area contributed by atoms with Gasteiger partial charge in [-0.15, -0.1) is 0 Å². The van der Waals surface area contributed by atoms with Gasteiger partial charge in [0.1, 0.15) is 0 Å². The van der Waals surface area contributed by atoms with Gasteiger partial charge in [0.2, 0.25) is 5.91 Å². The smallest absolute Gasteiger partial charge is 0.225 e. The van der Waals surface area contributed by atoms with Crippen molar-refractivity contribution in [2.75, 3.05) is 11.9 Å². The van der Waals surface area contributed by atoms with E-state index in [-0.39, 0.29) is 5.91 Å². The Hall–Kier alpha value is -1.06. The second-order valence-electron chi connectivity index (χ2n) is 3.02. The van der Waals surface area contributed by atoms with Crippen LogP contribution in [-0.2, 0) is 4.79 Å². The molecule has 3 nitrogen and oxygen atoms in total. The first-order chi connectivity index (χ1) is 6.65. The maximum atomic E-state index is 11.2. The quantitative estimate of drug-likeness (QED) is 0.805. The topological polar surface area (TPSA) is 55.1 Å². The lowest BCUT2D eigenvalue weighted by atomic mass is 10.2. The molecule has 1 rings (SSSR count). The first-order valence-electron chi connectivity index (χ1n) is 4.40. The first kappa shape index (κ1) is 11.0. The van der Waals surface area contributed by atoms with Gasteiger partial charge in [-0.2, -0.15) is 0 Å². The Morgan fingerprint density at radius 2 is 2.29 bits per heavy atom. The molecular weight excluding hydrogens is 200 g/mol. The van der Waals surface area contributed by atoms with Crippen molar-refractivity contribution in [1.82, 2.24) is 0 Å². The van der Waals surface area contributed by atoms with Gasteiger partial charge >= 0.3 is 0 Å². The predicted molar refractivity (Wildman–Crippen MR) is 58.5 cm³/mol. The van der Waals surface area contributed by atoms with Crippen molar-refractivity contribution >= 4 is 23.2 Å². The normalized spacial score (nSPS) is 9.93. The lowest BCUT2D eigenvalue weighted by Crippen LogP contribution is -2.16. The van der Waals surface area contributed by atoms with Crippen molar-refractivity contribution < 1.29 is 4.79 Å². The Balaban J connectivity index is 2.76. The first-order valence-corrected chi connectivity index (χ1v) is 4.78. The molecule has 0 spiro atoms. The van der Waals surface area contributed by atoms with Gasteiger partial charge in [0.15, 0.2) is 0 Å². The van der Waals surface area contributed by atoms with Crippen LogP contribution in [0.3, 0.4) is 0 Å². The summed E-state index contributed by atoms with van der Waals surface area (Å²) in [6.07, 6.45) is 0.310. The SMILES string of the molecule is Cc1cccc(NC(=O)CCN)c1Cl. The number of halogens is 1. The number of amides is 1. The summed E-state index contributed by atoms with van der Waals surface area (Å²) in [7, 11) is 0. The number of hydrogen-bond donors (Lipinski definition) is 2. The van der Waals surface area contributed by atoms with Crippen LogP contribution in [0.2, 0.25) is 5.02 Å². The van der Waals surface area contributed by atoms with Crippen LogP contribution in [0.15, 0.2) is 18.2 Å². The van der Waals surface area contributed by atoms with Crippen LogP contribution in [0.1, 0.15) is 12.0 Å². The summed E-state index contributed by atoms with van der Waals surface area (Å²) in [5, 5.41) is 3.28. The van der Waals surface area contributed by atoms with E-state index in [4.69, 9.17) is 17.3 Å². The largest absolute Gasteiger partial charge is 0.330 e. The van der Waals surface area contributed by atoms with Gasteiger partial charge in [0.25, 0.3) is 0 Å². The minimum absolute atomic E-state index is 0.111. The Kier molecular flexibility index (Phi) is 3.92. The van der Waals surface area contributed by atoms with Gasteiger partial charge in [-0.05, 0) is 18.6 Å². The predicted octanol–water partition coefficient (Wildman–Crippen LogP) is 1.94.